The largest absolute Gasteiger partial charge is 0.447 e. The van der Waals surface area contributed by atoms with Crippen molar-refractivity contribution >= 4 is 17.8 Å². The molecule has 0 unspecified atom stereocenters. The molecule has 0 N–H and O–H groups in total. The number of anilines is 1. The molecular formula is C21H32N4O3. The topological polar surface area (TPSA) is 75.6 Å². The van der Waals surface area contributed by atoms with Crippen LogP contribution in [-0.2, 0) is 16.0 Å². The Kier molecular flexibility index (Phi) is 5.91. The number of rotatable bonds is 4. The van der Waals surface area contributed by atoms with Crippen molar-refractivity contribution in [2.75, 3.05) is 24.6 Å². The van der Waals surface area contributed by atoms with E-state index >= 15 is 0 Å². The van der Waals surface area contributed by atoms with Gasteiger partial charge in [-0.3, -0.25) is 14.7 Å². The monoisotopic (exact) mass is 388 g/mol. The maximum atomic E-state index is 12.4. The molecule has 0 aromatic carbocycles. The fourth-order valence-corrected chi connectivity index (χ4v) is 3.91. The van der Waals surface area contributed by atoms with E-state index in [1.807, 2.05) is 25.7 Å². The molecule has 0 spiro atoms. The van der Waals surface area contributed by atoms with Crippen LogP contribution < -0.4 is 4.90 Å². The van der Waals surface area contributed by atoms with Gasteiger partial charge in [0.15, 0.2) is 5.82 Å². The number of likely N-dealkylation sites (tertiary alicyclic amines) is 1. The molecule has 2 fully saturated rings. The summed E-state index contributed by atoms with van der Waals surface area (Å²) in [6.45, 7) is 12.0. The van der Waals surface area contributed by atoms with Crippen LogP contribution in [0.25, 0.3) is 0 Å². The second kappa shape index (κ2) is 8.05. The van der Waals surface area contributed by atoms with Gasteiger partial charge in [-0.15, -0.1) is 0 Å². The average molecular weight is 389 g/mol. The molecule has 2 amide bonds. The van der Waals surface area contributed by atoms with Gasteiger partial charge in [0.05, 0.1) is 17.9 Å². The molecule has 2 aliphatic rings. The SMILES string of the molecule is CC(C)[C@H]1COC(=O)N1c1cncc(CC2CCN(C(=O)C(C)(C)C)CC2)n1. The molecule has 7 heteroatoms. The van der Waals surface area contributed by atoms with Gasteiger partial charge in [-0.1, -0.05) is 34.6 Å². The van der Waals surface area contributed by atoms with E-state index in [1.165, 1.54) is 0 Å². The van der Waals surface area contributed by atoms with Gasteiger partial charge in [0.2, 0.25) is 5.91 Å². The number of hydrogen-bond donors (Lipinski definition) is 0. The number of piperidine rings is 1. The second-order valence-electron chi connectivity index (χ2n) is 9.32. The molecular weight excluding hydrogens is 356 g/mol. The van der Waals surface area contributed by atoms with Crippen LogP contribution in [-0.4, -0.2) is 52.6 Å². The van der Waals surface area contributed by atoms with E-state index in [2.05, 4.69) is 18.8 Å². The van der Waals surface area contributed by atoms with Crippen LogP contribution in [0, 0.1) is 17.3 Å². The summed E-state index contributed by atoms with van der Waals surface area (Å²) >= 11 is 0. The third-order valence-corrected chi connectivity index (χ3v) is 5.64. The first-order chi connectivity index (χ1) is 13.2. The van der Waals surface area contributed by atoms with Gasteiger partial charge >= 0.3 is 6.09 Å². The summed E-state index contributed by atoms with van der Waals surface area (Å²) in [6.07, 6.45) is 5.81. The van der Waals surface area contributed by atoms with Crippen LogP contribution in [0.1, 0.15) is 53.2 Å². The van der Waals surface area contributed by atoms with Crippen LogP contribution in [0.4, 0.5) is 10.6 Å². The van der Waals surface area contributed by atoms with Crippen molar-refractivity contribution in [3.05, 3.63) is 18.1 Å². The lowest BCUT2D eigenvalue weighted by Gasteiger charge is -2.35. The van der Waals surface area contributed by atoms with Crippen LogP contribution in [0.3, 0.4) is 0 Å². The number of nitrogens with zero attached hydrogens (tertiary/aromatic N) is 4. The molecule has 0 radical (unpaired) electrons. The van der Waals surface area contributed by atoms with E-state index in [4.69, 9.17) is 9.72 Å². The molecule has 0 saturated carbocycles. The first kappa shape index (κ1) is 20.6. The zero-order chi connectivity index (χ0) is 20.5. The standard InChI is InChI=1S/C21H32N4O3/c1-14(2)17-13-28-20(27)25(17)18-12-22-11-16(23-18)10-15-6-8-24(9-7-15)19(26)21(3,4)5/h11-12,14-15,17H,6-10,13H2,1-5H3/t17-/m1/s1. The highest BCUT2D eigenvalue weighted by atomic mass is 16.6. The Hall–Kier alpha value is -2.18. The van der Waals surface area contributed by atoms with Crippen LogP contribution >= 0.6 is 0 Å². The normalized spacial score (nSPS) is 21.4. The Morgan fingerprint density at radius 3 is 2.54 bits per heavy atom. The highest BCUT2D eigenvalue weighted by Crippen LogP contribution is 2.28. The smallest absolute Gasteiger partial charge is 0.415 e. The second-order valence-corrected chi connectivity index (χ2v) is 9.32. The predicted molar refractivity (Wildman–Crippen MR) is 107 cm³/mol. The molecule has 1 aromatic rings. The lowest BCUT2D eigenvalue weighted by molar-refractivity contribution is -0.140. The van der Waals surface area contributed by atoms with Crippen molar-refractivity contribution in [1.29, 1.82) is 0 Å². The van der Waals surface area contributed by atoms with E-state index in [0.29, 0.717) is 18.3 Å². The van der Waals surface area contributed by atoms with Crippen molar-refractivity contribution in [1.82, 2.24) is 14.9 Å². The minimum atomic E-state index is -0.348. The Morgan fingerprint density at radius 1 is 1.25 bits per heavy atom. The van der Waals surface area contributed by atoms with Gasteiger partial charge in [0.1, 0.15) is 6.61 Å². The first-order valence-corrected chi connectivity index (χ1v) is 10.2. The Bertz CT molecular complexity index is 721. The summed E-state index contributed by atoms with van der Waals surface area (Å²) in [5.41, 5.74) is 0.560. The Balaban J connectivity index is 1.63. The predicted octanol–water partition coefficient (Wildman–Crippen LogP) is 3.29. The minimum absolute atomic E-state index is 0.0105. The van der Waals surface area contributed by atoms with Crippen LogP contribution in [0.5, 0.6) is 0 Å². The van der Waals surface area contributed by atoms with Gasteiger partial charge in [-0.25, -0.2) is 9.78 Å². The molecule has 0 aliphatic carbocycles. The number of aromatic nitrogens is 2. The summed E-state index contributed by atoms with van der Waals surface area (Å²) in [5, 5.41) is 0. The summed E-state index contributed by atoms with van der Waals surface area (Å²) < 4.78 is 5.23. The van der Waals surface area contributed by atoms with Gasteiger partial charge in [0.25, 0.3) is 0 Å². The summed E-state index contributed by atoms with van der Waals surface area (Å²) in [7, 11) is 0. The van der Waals surface area contributed by atoms with E-state index in [0.717, 1.165) is 38.0 Å². The fraction of sp³-hybridized carbons (Fsp3) is 0.714. The maximum absolute atomic E-state index is 12.4. The van der Waals surface area contributed by atoms with Gasteiger partial charge in [-0.2, -0.15) is 0 Å². The van der Waals surface area contributed by atoms with E-state index < -0.39 is 0 Å². The minimum Gasteiger partial charge on any atom is -0.447 e. The van der Waals surface area contributed by atoms with Crippen molar-refractivity contribution in [2.45, 2.75) is 59.9 Å². The molecule has 7 nitrogen and oxygen atoms in total. The molecule has 154 valence electrons. The van der Waals surface area contributed by atoms with E-state index in [1.54, 1.807) is 17.3 Å². The van der Waals surface area contributed by atoms with Crippen molar-refractivity contribution in [2.24, 2.45) is 17.3 Å². The summed E-state index contributed by atoms with van der Waals surface area (Å²) in [6, 6.07) is -0.0105. The maximum Gasteiger partial charge on any atom is 0.415 e. The molecule has 0 bridgehead atoms. The van der Waals surface area contributed by atoms with Crippen LogP contribution in [0.2, 0.25) is 0 Å². The van der Waals surface area contributed by atoms with Crippen molar-refractivity contribution < 1.29 is 14.3 Å². The van der Waals surface area contributed by atoms with Crippen molar-refractivity contribution in [3.63, 3.8) is 0 Å². The number of amides is 2. The van der Waals surface area contributed by atoms with Gasteiger partial charge in [0, 0.05) is 24.7 Å². The third kappa shape index (κ3) is 4.45. The zero-order valence-corrected chi connectivity index (χ0v) is 17.6. The average Bonchev–Trinajstić information content (AvgIpc) is 3.03. The number of cyclic esters (lactones) is 1. The number of hydrogen-bond acceptors (Lipinski definition) is 5. The quantitative estimate of drug-likeness (QED) is 0.791. The fourth-order valence-electron chi connectivity index (χ4n) is 3.91. The third-order valence-electron chi connectivity index (χ3n) is 5.64. The molecule has 2 aliphatic heterocycles. The Labute approximate surface area is 167 Å². The summed E-state index contributed by atoms with van der Waals surface area (Å²) in [5.74, 6) is 1.54. The first-order valence-electron chi connectivity index (χ1n) is 10.2. The summed E-state index contributed by atoms with van der Waals surface area (Å²) in [4.78, 5) is 37.3. The zero-order valence-electron chi connectivity index (χ0n) is 17.6. The van der Waals surface area contributed by atoms with Gasteiger partial charge in [-0.05, 0) is 31.1 Å². The molecule has 3 rings (SSSR count). The van der Waals surface area contributed by atoms with Crippen LogP contribution in [0.15, 0.2) is 12.4 Å². The molecule has 1 aromatic heterocycles. The number of carbonyl (C=O) groups is 2. The number of carbonyl (C=O) groups excluding carboxylic acids is 2. The highest BCUT2D eigenvalue weighted by molar-refractivity contribution is 5.89. The molecule has 28 heavy (non-hydrogen) atoms. The number of ether oxygens (including phenoxy) is 1. The molecule has 2 saturated heterocycles. The van der Waals surface area contributed by atoms with E-state index in [9.17, 15) is 9.59 Å². The lowest BCUT2D eigenvalue weighted by Crippen LogP contribution is -2.44. The highest BCUT2D eigenvalue weighted by Gasteiger charge is 2.37. The van der Waals surface area contributed by atoms with Gasteiger partial charge < -0.3 is 9.64 Å². The Morgan fingerprint density at radius 2 is 1.93 bits per heavy atom. The van der Waals surface area contributed by atoms with E-state index in [-0.39, 0.29) is 29.4 Å². The molecule has 3 heterocycles. The molecule has 1 atom stereocenters. The van der Waals surface area contributed by atoms with Crippen molar-refractivity contribution in [3.8, 4) is 0 Å². The lowest BCUT2D eigenvalue weighted by atomic mass is 9.89.